The Morgan fingerprint density at radius 1 is 1.05 bits per heavy atom. The first-order valence-corrected chi connectivity index (χ1v) is 13.5. The zero-order valence-electron chi connectivity index (χ0n) is 22.8. The molecule has 0 unspecified atom stereocenters. The van der Waals surface area contributed by atoms with E-state index >= 15 is 0 Å². The van der Waals surface area contributed by atoms with E-state index in [0.29, 0.717) is 19.4 Å². The van der Waals surface area contributed by atoms with Crippen LogP contribution in [0.2, 0.25) is 0 Å². The van der Waals surface area contributed by atoms with Crippen LogP contribution in [0, 0.1) is 16.7 Å². The molecule has 0 aromatic heterocycles. The van der Waals surface area contributed by atoms with Crippen molar-refractivity contribution >= 4 is 23.9 Å². The van der Waals surface area contributed by atoms with Gasteiger partial charge in [-0.15, -0.1) is 0 Å². The molecule has 0 radical (unpaired) electrons. The molecular formula is C29H36O10. The highest BCUT2D eigenvalue weighted by Gasteiger charge is 2.83. The van der Waals surface area contributed by atoms with E-state index in [-0.39, 0.29) is 31.8 Å². The molecule has 5 rings (SSSR count). The summed E-state index contributed by atoms with van der Waals surface area (Å²) < 4.78 is 35.3. The summed E-state index contributed by atoms with van der Waals surface area (Å²) in [5.74, 6) is -2.94. The Balaban J connectivity index is 1.54. The molecule has 2 aliphatic carbocycles. The van der Waals surface area contributed by atoms with Gasteiger partial charge in [0.25, 0.3) is 0 Å². The molecule has 5 aliphatic rings. The summed E-state index contributed by atoms with van der Waals surface area (Å²) >= 11 is 0. The van der Waals surface area contributed by atoms with Crippen LogP contribution in [-0.2, 0) is 47.6 Å². The molecule has 8 atom stereocenters. The van der Waals surface area contributed by atoms with E-state index in [4.69, 9.17) is 28.4 Å². The molecule has 0 aromatic rings. The van der Waals surface area contributed by atoms with Gasteiger partial charge in [0.15, 0.2) is 0 Å². The van der Waals surface area contributed by atoms with Gasteiger partial charge in [-0.3, -0.25) is 4.79 Å². The van der Waals surface area contributed by atoms with Crippen LogP contribution in [0.5, 0.6) is 0 Å². The van der Waals surface area contributed by atoms with E-state index < -0.39 is 58.4 Å². The highest BCUT2D eigenvalue weighted by molar-refractivity contribution is 5.84. The van der Waals surface area contributed by atoms with E-state index in [2.05, 4.69) is 13.0 Å². The summed E-state index contributed by atoms with van der Waals surface area (Å²) in [5.41, 5.74) is -0.944. The Bertz CT molecular complexity index is 1130. The molecule has 0 N–H and O–H groups in total. The van der Waals surface area contributed by atoms with Gasteiger partial charge < -0.3 is 28.4 Å². The van der Waals surface area contributed by atoms with Gasteiger partial charge in [-0.2, -0.15) is 0 Å². The first-order chi connectivity index (χ1) is 18.5. The van der Waals surface area contributed by atoms with Crippen LogP contribution in [-0.4, -0.2) is 73.7 Å². The van der Waals surface area contributed by atoms with Crippen molar-refractivity contribution in [1.29, 1.82) is 0 Å². The predicted octanol–water partition coefficient (Wildman–Crippen LogP) is 2.74. The molecule has 2 bridgehead atoms. The minimum Gasteiger partial charge on any atom is -0.463 e. The number of epoxide rings is 1. The number of ether oxygens (including phenoxy) is 6. The summed E-state index contributed by atoms with van der Waals surface area (Å²) in [6.07, 6.45) is 7.10. The minimum absolute atomic E-state index is 0.00601. The summed E-state index contributed by atoms with van der Waals surface area (Å²) in [6, 6.07) is 0. The second-order valence-corrected chi connectivity index (χ2v) is 11.5. The van der Waals surface area contributed by atoms with Crippen molar-refractivity contribution in [2.75, 3.05) is 19.8 Å². The van der Waals surface area contributed by atoms with Crippen molar-refractivity contribution < 1.29 is 47.6 Å². The highest BCUT2D eigenvalue weighted by atomic mass is 16.6. The van der Waals surface area contributed by atoms with Crippen LogP contribution in [0.25, 0.3) is 0 Å². The van der Waals surface area contributed by atoms with E-state index in [1.807, 2.05) is 6.92 Å². The zero-order chi connectivity index (χ0) is 28.0. The standard InChI is InChI=1S/C29H36O10/c1-17-9-11-28-15-35-26(33)25(37-19(3)30)18(2)10-12-34-23(31)7-5-6-8-24(32)39-20-14-22(38-21(28)13-17)29(16-36-29)27(20,28)4/h5-8,13,18,20-22,25H,9-12,14-16H2,1-4H3/b7-5-,8-6-/t18-,20-,21-,22-,25+,27-,28-,29+/m1/s1. The molecule has 10 heteroatoms. The molecule has 1 saturated carbocycles. The number of carbonyl (C=O) groups excluding carboxylic acids is 4. The van der Waals surface area contributed by atoms with Crippen molar-refractivity contribution in [2.45, 2.75) is 83.4 Å². The van der Waals surface area contributed by atoms with Gasteiger partial charge in [0.1, 0.15) is 18.3 Å². The van der Waals surface area contributed by atoms with Gasteiger partial charge in [0, 0.05) is 36.8 Å². The number of cyclic esters (lactones) is 2. The summed E-state index contributed by atoms with van der Waals surface area (Å²) in [4.78, 5) is 50.2. The molecule has 2 spiro atoms. The maximum Gasteiger partial charge on any atom is 0.347 e. The van der Waals surface area contributed by atoms with Crippen LogP contribution in [0.1, 0.15) is 53.4 Å². The maximum absolute atomic E-state index is 13.5. The van der Waals surface area contributed by atoms with Crippen LogP contribution in [0.4, 0.5) is 0 Å². The first-order valence-electron chi connectivity index (χ1n) is 13.5. The lowest BCUT2D eigenvalue weighted by Crippen LogP contribution is -2.67. The normalized spacial score (nSPS) is 43.9. The van der Waals surface area contributed by atoms with Crippen LogP contribution < -0.4 is 0 Å². The van der Waals surface area contributed by atoms with Crippen LogP contribution in [0.3, 0.4) is 0 Å². The Morgan fingerprint density at radius 2 is 1.77 bits per heavy atom. The lowest BCUT2D eigenvalue weighted by Gasteiger charge is -2.58. The van der Waals surface area contributed by atoms with Crippen LogP contribution in [0.15, 0.2) is 36.0 Å². The molecule has 3 heterocycles. The lowest BCUT2D eigenvalue weighted by atomic mass is 9.51. The maximum atomic E-state index is 13.5. The number of rotatable bonds is 1. The lowest BCUT2D eigenvalue weighted by molar-refractivity contribution is -0.235. The SMILES string of the molecule is CC(=O)O[C@@H]1C(=O)OC[C@]23CCC(C)=C[C@H]2O[C@@H]2C[C@@H](OC(=O)/C=C\C=C/C(=O)OCC[C@H]1C)[C@@]3(C)[C@]21CO1. The molecule has 3 fully saturated rings. The van der Waals surface area contributed by atoms with E-state index in [1.165, 1.54) is 36.8 Å². The third kappa shape index (κ3) is 4.61. The molecule has 10 nitrogen and oxygen atoms in total. The average molecular weight is 545 g/mol. The molecule has 212 valence electrons. The molecule has 2 saturated heterocycles. The number of allylic oxidation sites excluding steroid dienone is 3. The Labute approximate surface area is 227 Å². The molecular weight excluding hydrogens is 508 g/mol. The van der Waals surface area contributed by atoms with E-state index in [1.54, 1.807) is 6.92 Å². The van der Waals surface area contributed by atoms with Crippen molar-refractivity contribution in [3.63, 3.8) is 0 Å². The topological polar surface area (TPSA) is 127 Å². The monoisotopic (exact) mass is 544 g/mol. The third-order valence-electron chi connectivity index (χ3n) is 9.38. The van der Waals surface area contributed by atoms with Gasteiger partial charge in [0.2, 0.25) is 6.10 Å². The minimum atomic E-state index is -1.18. The number of esters is 4. The fourth-order valence-corrected chi connectivity index (χ4v) is 6.98. The number of hydrogen-bond donors (Lipinski definition) is 0. The first kappa shape index (κ1) is 27.6. The van der Waals surface area contributed by atoms with Gasteiger partial charge in [-0.05, 0) is 26.2 Å². The smallest absolute Gasteiger partial charge is 0.347 e. The zero-order valence-corrected chi connectivity index (χ0v) is 22.8. The molecule has 39 heavy (non-hydrogen) atoms. The Kier molecular flexibility index (Phi) is 7.22. The van der Waals surface area contributed by atoms with E-state index in [9.17, 15) is 19.2 Å². The largest absolute Gasteiger partial charge is 0.463 e. The average Bonchev–Trinajstić information content (AvgIpc) is 3.66. The van der Waals surface area contributed by atoms with Crippen molar-refractivity contribution in [3.8, 4) is 0 Å². The van der Waals surface area contributed by atoms with Gasteiger partial charge in [0.05, 0.1) is 30.8 Å². The fourth-order valence-electron chi connectivity index (χ4n) is 6.98. The summed E-state index contributed by atoms with van der Waals surface area (Å²) in [6.45, 7) is 7.51. The number of carbonyl (C=O) groups is 4. The molecule has 0 aromatic carbocycles. The third-order valence-corrected chi connectivity index (χ3v) is 9.38. The van der Waals surface area contributed by atoms with Crippen molar-refractivity contribution in [2.24, 2.45) is 16.7 Å². The fraction of sp³-hybridized carbons (Fsp3) is 0.655. The van der Waals surface area contributed by atoms with Gasteiger partial charge in [-0.1, -0.05) is 37.6 Å². The summed E-state index contributed by atoms with van der Waals surface area (Å²) in [5, 5.41) is 0. The van der Waals surface area contributed by atoms with Gasteiger partial charge in [-0.25, -0.2) is 14.4 Å². The second kappa shape index (κ2) is 10.2. The predicted molar refractivity (Wildman–Crippen MR) is 135 cm³/mol. The second-order valence-electron chi connectivity index (χ2n) is 11.5. The van der Waals surface area contributed by atoms with Crippen LogP contribution >= 0.6 is 0 Å². The Hall–Kier alpha value is -2.98. The Morgan fingerprint density at radius 3 is 2.46 bits per heavy atom. The molecule has 3 aliphatic heterocycles. The highest BCUT2D eigenvalue weighted by Crippen LogP contribution is 2.72. The van der Waals surface area contributed by atoms with Crippen molar-refractivity contribution in [3.05, 3.63) is 36.0 Å². The van der Waals surface area contributed by atoms with Crippen molar-refractivity contribution in [1.82, 2.24) is 0 Å². The quantitative estimate of drug-likeness (QED) is 0.210. The number of hydrogen-bond acceptors (Lipinski definition) is 10. The van der Waals surface area contributed by atoms with Gasteiger partial charge >= 0.3 is 23.9 Å². The van der Waals surface area contributed by atoms with E-state index in [0.717, 1.165) is 6.42 Å². The summed E-state index contributed by atoms with van der Waals surface area (Å²) in [7, 11) is 0. The molecule has 0 amide bonds.